The fourth-order valence-electron chi connectivity index (χ4n) is 2.19. The molecular weight excluding hydrogens is 324 g/mol. The van der Waals surface area contributed by atoms with Gasteiger partial charge in [0.2, 0.25) is 0 Å². The van der Waals surface area contributed by atoms with E-state index >= 15 is 0 Å². The summed E-state index contributed by atoms with van der Waals surface area (Å²) in [6.07, 6.45) is -0.00510. The fourth-order valence-corrected chi connectivity index (χ4v) is 3.81. The van der Waals surface area contributed by atoms with Crippen molar-refractivity contribution in [2.75, 3.05) is 0 Å². The molecule has 19 heavy (non-hydrogen) atoms. The number of aromatic nitrogens is 2. The summed E-state index contributed by atoms with van der Waals surface area (Å²) in [5.74, 6) is 0.897. The van der Waals surface area contributed by atoms with Crippen molar-refractivity contribution in [3.8, 4) is 0 Å². The quantitative estimate of drug-likeness (QED) is 0.792. The number of aliphatic hydroxyl groups is 1. The summed E-state index contributed by atoms with van der Waals surface area (Å²) in [6, 6.07) is 9.97. The van der Waals surface area contributed by atoms with Crippen LogP contribution in [0.25, 0.3) is 11.0 Å². The number of hydrogen-bond acceptors (Lipinski definition) is 3. The topological polar surface area (TPSA) is 38.0 Å². The predicted molar refractivity (Wildman–Crippen MR) is 81.4 cm³/mol. The lowest BCUT2D eigenvalue weighted by Gasteiger charge is -2.09. The van der Waals surface area contributed by atoms with E-state index in [9.17, 15) is 5.11 Å². The molecule has 2 heterocycles. The Hall–Kier alpha value is -1.17. The molecule has 0 saturated carbocycles. The van der Waals surface area contributed by atoms with E-state index in [1.807, 2.05) is 47.3 Å². The number of nitrogens with zero attached hydrogens (tertiary/aromatic N) is 2. The first-order valence-electron chi connectivity index (χ1n) is 5.98. The molecule has 1 atom stereocenters. The molecule has 0 amide bonds. The molecule has 1 N–H and O–H groups in total. The Balaban J connectivity index is 1.93. The molecule has 0 aliphatic carbocycles. The van der Waals surface area contributed by atoms with Crippen molar-refractivity contribution in [1.29, 1.82) is 0 Å². The zero-order valence-corrected chi connectivity index (χ0v) is 12.8. The van der Waals surface area contributed by atoms with Gasteiger partial charge in [-0.3, -0.25) is 0 Å². The van der Waals surface area contributed by atoms with Crippen LogP contribution in [0.5, 0.6) is 0 Å². The number of aryl methyl sites for hydroxylation is 1. The Bertz CT molecular complexity index is 719. The number of para-hydroxylation sites is 2. The van der Waals surface area contributed by atoms with Gasteiger partial charge in [-0.05, 0) is 39.5 Å². The van der Waals surface area contributed by atoms with Crippen molar-refractivity contribution in [3.05, 3.63) is 50.9 Å². The van der Waals surface area contributed by atoms with E-state index in [2.05, 4.69) is 20.9 Å². The van der Waals surface area contributed by atoms with Crippen LogP contribution in [0.4, 0.5) is 0 Å². The lowest BCUT2D eigenvalue weighted by Crippen LogP contribution is -2.06. The van der Waals surface area contributed by atoms with Gasteiger partial charge in [0.1, 0.15) is 5.82 Å². The molecule has 3 rings (SSSR count). The van der Waals surface area contributed by atoms with Crippen molar-refractivity contribution in [2.24, 2.45) is 7.05 Å². The van der Waals surface area contributed by atoms with Crippen LogP contribution in [0.3, 0.4) is 0 Å². The molecule has 1 aromatic carbocycles. The van der Waals surface area contributed by atoms with E-state index in [0.717, 1.165) is 26.2 Å². The van der Waals surface area contributed by atoms with Crippen molar-refractivity contribution in [2.45, 2.75) is 12.5 Å². The Kier molecular flexibility index (Phi) is 3.43. The van der Waals surface area contributed by atoms with E-state index in [4.69, 9.17) is 0 Å². The van der Waals surface area contributed by atoms with Crippen molar-refractivity contribution >= 4 is 38.3 Å². The third kappa shape index (κ3) is 2.33. The molecule has 1 unspecified atom stereocenters. The Morgan fingerprint density at radius 3 is 2.84 bits per heavy atom. The lowest BCUT2D eigenvalue weighted by molar-refractivity contribution is 0.178. The minimum atomic E-state index is -0.523. The number of fused-ring (bicyclic) bond motifs is 1. The first kappa shape index (κ1) is 12.8. The molecule has 3 aromatic rings. The number of hydrogen-bond donors (Lipinski definition) is 1. The monoisotopic (exact) mass is 336 g/mol. The molecular formula is C14H13BrN2OS. The molecule has 0 aliphatic rings. The summed E-state index contributed by atoms with van der Waals surface area (Å²) in [6.45, 7) is 0. The number of halogens is 1. The molecule has 0 spiro atoms. The highest BCUT2D eigenvalue weighted by molar-refractivity contribution is 9.10. The van der Waals surface area contributed by atoms with Crippen molar-refractivity contribution < 1.29 is 5.11 Å². The van der Waals surface area contributed by atoms with Gasteiger partial charge in [-0.1, -0.05) is 12.1 Å². The summed E-state index contributed by atoms with van der Waals surface area (Å²) in [4.78, 5) is 5.54. The molecule has 5 heteroatoms. The van der Waals surface area contributed by atoms with E-state index in [0.29, 0.717) is 6.42 Å². The van der Waals surface area contributed by atoms with Crippen LogP contribution in [0.2, 0.25) is 0 Å². The molecule has 0 fully saturated rings. The maximum absolute atomic E-state index is 10.3. The average molecular weight is 337 g/mol. The molecule has 0 saturated heterocycles. The van der Waals surface area contributed by atoms with Crippen LogP contribution in [-0.4, -0.2) is 14.7 Å². The zero-order valence-electron chi connectivity index (χ0n) is 10.4. The number of imidazole rings is 1. The molecule has 3 nitrogen and oxygen atoms in total. The maximum atomic E-state index is 10.3. The van der Waals surface area contributed by atoms with Gasteiger partial charge in [0.15, 0.2) is 0 Å². The smallest absolute Gasteiger partial charge is 0.112 e. The first-order valence-corrected chi connectivity index (χ1v) is 7.65. The largest absolute Gasteiger partial charge is 0.387 e. The second-order valence-corrected chi connectivity index (χ2v) is 6.23. The minimum absolute atomic E-state index is 0.518. The van der Waals surface area contributed by atoms with Gasteiger partial charge in [-0.2, -0.15) is 0 Å². The Morgan fingerprint density at radius 1 is 1.37 bits per heavy atom. The van der Waals surface area contributed by atoms with E-state index in [1.54, 1.807) is 11.3 Å². The molecule has 0 aliphatic heterocycles. The highest BCUT2D eigenvalue weighted by Crippen LogP contribution is 2.31. The van der Waals surface area contributed by atoms with Crippen molar-refractivity contribution in [1.82, 2.24) is 9.55 Å². The summed E-state index contributed by atoms with van der Waals surface area (Å²) < 4.78 is 3.00. The van der Waals surface area contributed by atoms with Gasteiger partial charge in [-0.25, -0.2) is 4.98 Å². The van der Waals surface area contributed by atoms with Crippen LogP contribution in [-0.2, 0) is 13.5 Å². The standard InChI is InChI=1S/C14H13BrN2OS/c1-17-11-5-3-2-4-10(11)16-13(17)8-12(18)14-9(15)6-7-19-14/h2-7,12,18H,8H2,1H3. The van der Waals surface area contributed by atoms with Gasteiger partial charge >= 0.3 is 0 Å². The summed E-state index contributed by atoms with van der Waals surface area (Å²) in [7, 11) is 1.99. The lowest BCUT2D eigenvalue weighted by atomic mass is 10.2. The fraction of sp³-hybridized carbons (Fsp3) is 0.214. The van der Waals surface area contributed by atoms with Crippen LogP contribution in [0.15, 0.2) is 40.2 Å². The SMILES string of the molecule is Cn1c(CC(O)c2sccc2Br)nc2ccccc21. The summed E-state index contributed by atoms with van der Waals surface area (Å²) in [5, 5.41) is 12.3. The van der Waals surface area contributed by atoms with Crippen LogP contribution >= 0.6 is 27.3 Å². The highest BCUT2D eigenvalue weighted by Gasteiger charge is 2.17. The highest BCUT2D eigenvalue weighted by atomic mass is 79.9. The summed E-state index contributed by atoms with van der Waals surface area (Å²) in [5.41, 5.74) is 2.06. The maximum Gasteiger partial charge on any atom is 0.112 e. The normalized spacial score (nSPS) is 13.0. The first-order chi connectivity index (χ1) is 9.16. The molecule has 0 radical (unpaired) electrons. The van der Waals surface area contributed by atoms with Crippen LogP contribution < -0.4 is 0 Å². The Morgan fingerprint density at radius 2 is 2.16 bits per heavy atom. The molecule has 98 valence electrons. The third-order valence-electron chi connectivity index (χ3n) is 3.20. The second kappa shape index (κ2) is 5.07. The zero-order chi connectivity index (χ0) is 13.4. The van der Waals surface area contributed by atoms with E-state index in [1.165, 1.54) is 0 Å². The number of thiophene rings is 1. The molecule has 0 bridgehead atoms. The van der Waals surface area contributed by atoms with Gasteiger partial charge in [0.25, 0.3) is 0 Å². The predicted octanol–water partition coefficient (Wildman–Crippen LogP) is 3.67. The average Bonchev–Trinajstić information content (AvgIpc) is 2.95. The third-order valence-corrected chi connectivity index (χ3v) is 5.18. The summed E-state index contributed by atoms with van der Waals surface area (Å²) >= 11 is 5.01. The van der Waals surface area contributed by atoms with E-state index in [-0.39, 0.29) is 0 Å². The van der Waals surface area contributed by atoms with Gasteiger partial charge in [-0.15, -0.1) is 11.3 Å². The van der Waals surface area contributed by atoms with Crippen molar-refractivity contribution in [3.63, 3.8) is 0 Å². The Labute approximate surface area is 123 Å². The second-order valence-electron chi connectivity index (χ2n) is 4.43. The number of rotatable bonds is 3. The number of aliphatic hydroxyl groups excluding tert-OH is 1. The van der Waals surface area contributed by atoms with Crippen LogP contribution in [0.1, 0.15) is 16.8 Å². The van der Waals surface area contributed by atoms with Gasteiger partial charge in [0.05, 0.1) is 17.1 Å². The van der Waals surface area contributed by atoms with E-state index < -0.39 is 6.10 Å². The number of benzene rings is 1. The minimum Gasteiger partial charge on any atom is -0.387 e. The van der Waals surface area contributed by atoms with Gasteiger partial charge in [0, 0.05) is 22.8 Å². The van der Waals surface area contributed by atoms with Gasteiger partial charge < -0.3 is 9.67 Å². The molecule has 2 aromatic heterocycles. The van der Waals surface area contributed by atoms with Crippen LogP contribution in [0, 0.1) is 0 Å².